The molecule has 0 amide bonds. The lowest BCUT2D eigenvalue weighted by molar-refractivity contribution is 0.535. The van der Waals surface area contributed by atoms with Crippen LogP contribution in [0.1, 0.15) is 18.4 Å². The highest BCUT2D eigenvalue weighted by Crippen LogP contribution is 2.26. The van der Waals surface area contributed by atoms with Crippen molar-refractivity contribution < 1.29 is 4.42 Å². The van der Waals surface area contributed by atoms with Gasteiger partial charge in [-0.2, -0.15) is 0 Å². The molecule has 0 spiro atoms. The van der Waals surface area contributed by atoms with Crippen molar-refractivity contribution in [2.45, 2.75) is 20.8 Å². The van der Waals surface area contributed by atoms with Crippen LogP contribution in [-0.2, 0) is 0 Å². The Morgan fingerprint density at radius 2 is 2.12 bits per heavy atom. The van der Waals surface area contributed by atoms with E-state index in [0.717, 1.165) is 33.0 Å². The third kappa shape index (κ3) is 2.43. The highest BCUT2D eigenvalue weighted by Gasteiger charge is 2.13. The van der Waals surface area contributed by atoms with Crippen LogP contribution in [0.4, 0.5) is 5.82 Å². The third-order valence-corrected chi connectivity index (χ3v) is 3.75. The quantitative estimate of drug-likeness (QED) is 0.868. The first-order valence-electron chi connectivity index (χ1n) is 5.46. The number of furan rings is 1. The van der Waals surface area contributed by atoms with Crippen LogP contribution in [0.2, 0.25) is 0 Å². The second-order valence-electron chi connectivity index (χ2n) is 3.72. The molecule has 0 aliphatic carbocycles. The van der Waals surface area contributed by atoms with Crippen LogP contribution in [0, 0.1) is 17.4 Å². The third-order valence-electron chi connectivity index (χ3n) is 2.46. The first kappa shape index (κ1) is 12.3. The van der Waals surface area contributed by atoms with E-state index < -0.39 is 0 Å². The van der Waals surface area contributed by atoms with Crippen molar-refractivity contribution in [3.63, 3.8) is 0 Å². The monoisotopic (exact) mass is 343 g/mol. The smallest absolute Gasteiger partial charge is 0.165 e. The van der Waals surface area contributed by atoms with Crippen molar-refractivity contribution in [1.29, 1.82) is 0 Å². The molecule has 0 aliphatic rings. The van der Waals surface area contributed by atoms with E-state index in [-0.39, 0.29) is 0 Å². The maximum absolute atomic E-state index is 5.29. The summed E-state index contributed by atoms with van der Waals surface area (Å²) in [4.78, 5) is 9.04. The SMILES string of the molecule is CCNc1nc(-c2ccoc2C)nc(C)c1I. The van der Waals surface area contributed by atoms with Crippen LogP contribution >= 0.6 is 22.6 Å². The van der Waals surface area contributed by atoms with Crippen molar-refractivity contribution in [2.75, 3.05) is 11.9 Å². The molecule has 0 aliphatic heterocycles. The Kier molecular flexibility index (Phi) is 3.66. The summed E-state index contributed by atoms with van der Waals surface area (Å²) in [5.74, 6) is 2.44. The van der Waals surface area contributed by atoms with E-state index in [2.05, 4.69) is 44.8 Å². The Morgan fingerprint density at radius 1 is 1.35 bits per heavy atom. The normalized spacial score (nSPS) is 10.6. The fraction of sp³-hybridized carbons (Fsp3) is 0.333. The van der Waals surface area contributed by atoms with Gasteiger partial charge in [-0.25, -0.2) is 9.97 Å². The first-order chi connectivity index (χ1) is 8.13. The molecule has 0 unspecified atom stereocenters. The Labute approximate surface area is 114 Å². The molecule has 0 saturated heterocycles. The number of aryl methyl sites for hydroxylation is 2. The number of anilines is 1. The molecule has 90 valence electrons. The predicted molar refractivity (Wildman–Crippen MR) is 76.1 cm³/mol. The van der Waals surface area contributed by atoms with E-state index in [1.807, 2.05) is 19.9 Å². The van der Waals surface area contributed by atoms with E-state index >= 15 is 0 Å². The maximum Gasteiger partial charge on any atom is 0.165 e. The van der Waals surface area contributed by atoms with Gasteiger partial charge in [0, 0.05) is 6.54 Å². The molecule has 5 heteroatoms. The summed E-state index contributed by atoms with van der Waals surface area (Å²) in [6.07, 6.45) is 1.66. The molecular weight excluding hydrogens is 329 g/mol. The number of hydrogen-bond acceptors (Lipinski definition) is 4. The number of aromatic nitrogens is 2. The zero-order chi connectivity index (χ0) is 12.4. The van der Waals surface area contributed by atoms with Crippen LogP contribution in [0.15, 0.2) is 16.7 Å². The van der Waals surface area contributed by atoms with Crippen molar-refractivity contribution in [2.24, 2.45) is 0 Å². The van der Waals surface area contributed by atoms with Gasteiger partial charge in [0.15, 0.2) is 5.82 Å². The number of hydrogen-bond donors (Lipinski definition) is 1. The van der Waals surface area contributed by atoms with Gasteiger partial charge in [-0.1, -0.05) is 0 Å². The van der Waals surface area contributed by atoms with Gasteiger partial charge in [0.05, 0.1) is 21.1 Å². The highest BCUT2D eigenvalue weighted by molar-refractivity contribution is 14.1. The number of nitrogens with one attached hydrogen (secondary N) is 1. The van der Waals surface area contributed by atoms with Crippen LogP contribution < -0.4 is 5.32 Å². The molecule has 0 aromatic carbocycles. The lowest BCUT2D eigenvalue weighted by atomic mass is 10.2. The fourth-order valence-electron chi connectivity index (χ4n) is 1.58. The van der Waals surface area contributed by atoms with Crippen LogP contribution in [0.25, 0.3) is 11.4 Å². The van der Waals surface area contributed by atoms with E-state index in [4.69, 9.17) is 4.42 Å². The molecule has 1 N–H and O–H groups in total. The molecule has 0 bridgehead atoms. The van der Waals surface area contributed by atoms with Gasteiger partial charge in [-0.15, -0.1) is 0 Å². The topological polar surface area (TPSA) is 51.0 Å². The molecule has 4 nitrogen and oxygen atoms in total. The maximum atomic E-state index is 5.29. The highest BCUT2D eigenvalue weighted by atomic mass is 127. The van der Waals surface area contributed by atoms with E-state index in [1.165, 1.54) is 0 Å². The second-order valence-corrected chi connectivity index (χ2v) is 4.79. The summed E-state index contributed by atoms with van der Waals surface area (Å²) in [7, 11) is 0. The summed E-state index contributed by atoms with van der Waals surface area (Å²) in [6, 6.07) is 1.90. The Morgan fingerprint density at radius 3 is 2.71 bits per heavy atom. The van der Waals surface area contributed by atoms with Gasteiger partial charge in [0.25, 0.3) is 0 Å². The molecule has 0 fully saturated rings. The molecule has 2 heterocycles. The van der Waals surface area contributed by atoms with Crippen molar-refractivity contribution in [3.8, 4) is 11.4 Å². The van der Waals surface area contributed by atoms with E-state index in [1.54, 1.807) is 6.26 Å². The summed E-state index contributed by atoms with van der Waals surface area (Å²) in [5, 5.41) is 3.25. The minimum atomic E-state index is 0.713. The molecule has 0 atom stereocenters. The largest absolute Gasteiger partial charge is 0.469 e. The summed E-state index contributed by atoms with van der Waals surface area (Å²) < 4.78 is 6.35. The van der Waals surface area contributed by atoms with Gasteiger partial charge in [0.2, 0.25) is 0 Å². The standard InChI is InChI=1S/C12H14IN3O/c1-4-14-12-10(13)7(2)15-11(16-12)9-5-6-17-8(9)3/h5-6H,4H2,1-3H3,(H,14,15,16). The zero-order valence-electron chi connectivity index (χ0n) is 10.0. The van der Waals surface area contributed by atoms with Crippen LogP contribution in [0.3, 0.4) is 0 Å². The summed E-state index contributed by atoms with van der Waals surface area (Å²) in [6.45, 7) is 6.80. The lowest BCUT2D eigenvalue weighted by Crippen LogP contribution is -2.06. The fourth-order valence-corrected chi connectivity index (χ4v) is 2.01. The average Bonchev–Trinajstić information content (AvgIpc) is 2.71. The van der Waals surface area contributed by atoms with Gasteiger partial charge in [-0.3, -0.25) is 0 Å². The van der Waals surface area contributed by atoms with Gasteiger partial charge in [0.1, 0.15) is 11.6 Å². The van der Waals surface area contributed by atoms with Crippen LogP contribution in [0.5, 0.6) is 0 Å². The summed E-state index contributed by atoms with van der Waals surface area (Å²) >= 11 is 2.26. The molecule has 2 rings (SSSR count). The minimum absolute atomic E-state index is 0.713. The average molecular weight is 343 g/mol. The molecule has 2 aromatic rings. The van der Waals surface area contributed by atoms with Gasteiger partial charge >= 0.3 is 0 Å². The molecule has 0 saturated carbocycles. The number of halogens is 1. The second kappa shape index (κ2) is 5.03. The van der Waals surface area contributed by atoms with Crippen molar-refractivity contribution >= 4 is 28.4 Å². The van der Waals surface area contributed by atoms with Crippen molar-refractivity contribution in [3.05, 3.63) is 27.4 Å². The van der Waals surface area contributed by atoms with Crippen LogP contribution in [-0.4, -0.2) is 16.5 Å². The first-order valence-corrected chi connectivity index (χ1v) is 6.53. The molecular formula is C12H14IN3O. The van der Waals surface area contributed by atoms with E-state index in [0.29, 0.717) is 5.82 Å². The van der Waals surface area contributed by atoms with E-state index in [9.17, 15) is 0 Å². The van der Waals surface area contributed by atoms with Gasteiger partial charge < -0.3 is 9.73 Å². The van der Waals surface area contributed by atoms with Gasteiger partial charge in [-0.05, 0) is 49.4 Å². The molecule has 0 radical (unpaired) electrons. The lowest BCUT2D eigenvalue weighted by Gasteiger charge is -2.09. The Balaban J connectivity index is 2.53. The Bertz CT molecular complexity index is 537. The summed E-state index contributed by atoms with van der Waals surface area (Å²) in [5.41, 5.74) is 1.93. The zero-order valence-corrected chi connectivity index (χ0v) is 12.2. The number of nitrogens with zero attached hydrogens (tertiary/aromatic N) is 2. The minimum Gasteiger partial charge on any atom is -0.469 e. The Hall–Kier alpha value is -1.11. The predicted octanol–water partition coefficient (Wildman–Crippen LogP) is 3.39. The molecule has 2 aromatic heterocycles. The number of rotatable bonds is 3. The molecule has 17 heavy (non-hydrogen) atoms. The van der Waals surface area contributed by atoms with Crippen molar-refractivity contribution in [1.82, 2.24) is 9.97 Å².